The third-order valence-corrected chi connectivity index (χ3v) is 2.00. The number of hydrogen-bond donors (Lipinski definition) is 4. The molecule has 9 heteroatoms. The van der Waals surface area contributed by atoms with Gasteiger partial charge in [0.05, 0.1) is 12.9 Å². The van der Waals surface area contributed by atoms with E-state index in [4.69, 9.17) is 5.11 Å². The molecular formula is C9H12F2N4O3. The summed E-state index contributed by atoms with van der Waals surface area (Å²) in [6.45, 7) is -0.831. The number of imidazole rings is 1. The Morgan fingerprint density at radius 3 is 2.72 bits per heavy atom. The fourth-order valence-corrected chi connectivity index (χ4v) is 1.20. The molecule has 1 aromatic heterocycles. The topological polar surface area (TPSA) is 107 Å². The van der Waals surface area contributed by atoms with Crippen LogP contribution in [0.4, 0.5) is 13.6 Å². The van der Waals surface area contributed by atoms with Crippen molar-refractivity contribution in [3.05, 3.63) is 18.2 Å². The van der Waals surface area contributed by atoms with E-state index in [0.29, 0.717) is 5.69 Å². The number of aromatic amines is 1. The SMILES string of the molecule is O=C(NCC(F)F)NC(Cc1cnc[nH]1)C(=O)O. The molecule has 0 aliphatic carbocycles. The summed E-state index contributed by atoms with van der Waals surface area (Å²) in [5.41, 5.74) is 0.511. The van der Waals surface area contributed by atoms with Crippen LogP contribution in [0.1, 0.15) is 5.69 Å². The van der Waals surface area contributed by atoms with E-state index >= 15 is 0 Å². The Balaban J connectivity index is 2.48. The quantitative estimate of drug-likeness (QED) is 0.577. The van der Waals surface area contributed by atoms with Crippen molar-refractivity contribution in [1.82, 2.24) is 20.6 Å². The highest BCUT2D eigenvalue weighted by Gasteiger charge is 2.21. The maximum Gasteiger partial charge on any atom is 0.326 e. The Labute approximate surface area is 101 Å². The van der Waals surface area contributed by atoms with Gasteiger partial charge in [0.2, 0.25) is 0 Å². The van der Waals surface area contributed by atoms with Crippen molar-refractivity contribution in [2.24, 2.45) is 0 Å². The summed E-state index contributed by atoms with van der Waals surface area (Å²) in [6, 6.07) is -2.18. The van der Waals surface area contributed by atoms with Gasteiger partial charge in [0.1, 0.15) is 6.04 Å². The Morgan fingerprint density at radius 2 is 2.22 bits per heavy atom. The average Bonchev–Trinajstić information content (AvgIpc) is 2.78. The van der Waals surface area contributed by atoms with E-state index in [1.54, 1.807) is 0 Å². The van der Waals surface area contributed by atoms with E-state index in [1.807, 2.05) is 5.32 Å². The molecule has 4 N–H and O–H groups in total. The van der Waals surface area contributed by atoms with E-state index in [-0.39, 0.29) is 6.42 Å². The van der Waals surface area contributed by atoms with Gasteiger partial charge in [-0.15, -0.1) is 0 Å². The monoisotopic (exact) mass is 262 g/mol. The zero-order chi connectivity index (χ0) is 13.5. The van der Waals surface area contributed by atoms with Gasteiger partial charge in [-0.3, -0.25) is 0 Å². The number of carbonyl (C=O) groups excluding carboxylic acids is 1. The molecular weight excluding hydrogens is 250 g/mol. The molecule has 1 aromatic rings. The number of nitrogens with zero attached hydrogens (tertiary/aromatic N) is 1. The van der Waals surface area contributed by atoms with Crippen LogP contribution in [0.3, 0.4) is 0 Å². The number of carboxylic acid groups (broad SMARTS) is 1. The largest absolute Gasteiger partial charge is 0.480 e. The van der Waals surface area contributed by atoms with Gasteiger partial charge in [-0.25, -0.2) is 23.4 Å². The van der Waals surface area contributed by atoms with Crippen LogP contribution in [-0.2, 0) is 11.2 Å². The zero-order valence-electron chi connectivity index (χ0n) is 9.19. The first-order chi connectivity index (χ1) is 8.49. The molecule has 1 unspecified atom stereocenters. The van der Waals surface area contributed by atoms with Crippen LogP contribution in [-0.4, -0.2) is 46.1 Å². The summed E-state index contributed by atoms with van der Waals surface area (Å²) in [6.07, 6.45) is 0.0728. The number of halogens is 2. The molecule has 100 valence electrons. The van der Waals surface area contributed by atoms with Gasteiger partial charge in [0.15, 0.2) is 0 Å². The van der Waals surface area contributed by atoms with Crippen molar-refractivity contribution < 1.29 is 23.5 Å². The van der Waals surface area contributed by atoms with E-state index in [1.165, 1.54) is 12.5 Å². The smallest absolute Gasteiger partial charge is 0.326 e. The van der Waals surface area contributed by atoms with Gasteiger partial charge in [0, 0.05) is 18.3 Å². The number of carbonyl (C=O) groups is 2. The molecule has 0 saturated heterocycles. The van der Waals surface area contributed by atoms with Gasteiger partial charge in [-0.05, 0) is 0 Å². The predicted octanol–water partition coefficient (Wildman–Crippen LogP) is -0.0303. The maximum atomic E-state index is 11.8. The van der Waals surface area contributed by atoms with Crippen molar-refractivity contribution in [2.75, 3.05) is 6.54 Å². The summed E-state index contributed by atoms with van der Waals surface area (Å²) in [7, 11) is 0. The average molecular weight is 262 g/mol. The van der Waals surface area contributed by atoms with Crippen molar-refractivity contribution in [3.63, 3.8) is 0 Å². The van der Waals surface area contributed by atoms with Crippen LogP contribution >= 0.6 is 0 Å². The summed E-state index contributed by atoms with van der Waals surface area (Å²) in [5.74, 6) is -1.27. The van der Waals surface area contributed by atoms with Crippen LogP contribution in [0, 0.1) is 0 Å². The number of urea groups is 1. The highest BCUT2D eigenvalue weighted by Crippen LogP contribution is 1.99. The fraction of sp³-hybridized carbons (Fsp3) is 0.444. The fourth-order valence-electron chi connectivity index (χ4n) is 1.20. The van der Waals surface area contributed by atoms with Gasteiger partial charge in [0.25, 0.3) is 6.43 Å². The third kappa shape index (κ3) is 4.76. The molecule has 7 nitrogen and oxygen atoms in total. The van der Waals surface area contributed by atoms with Crippen molar-refractivity contribution in [2.45, 2.75) is 18.9 Å². The van der Waals surface area contributed by atoms with E-state index < -0.39 is 31.0 Å². The Kier molecular flexibility index (Phi) is 5.03. The lowest BCUT2D eigenvalue weighted by Gasteiger charge is -2.14. The molecule has 18 heavy (non-hydrogen) atoms. The van der Waals surface area contributed by atoms with E-state index in [0.717, 1.165) is 0 Å². The number of aromatic nitrogens is 2. The normalized spacial score (nSPS) is 12.2. The molecule has 0 spiro atoms. The predicted molar refractivity (Wildman–Crippen MR) is 56.3 cm³/mol. The number of nitrogens with one attached hydrogen (secondary N) is 3. The summed E-state index contributed by atoms with van der Waals surface area (Å²) < 4.78 is 23.6. The molecule has 2 amide bonds. The number of alkyl halides is 2. The third-order valence-electron chi connectivity index (χ3n) is 2.00. The van der Waals surface area contributed by atoms with Crippen molar-refractivity contribution in [1.29, 1.82) is 0 Å². The summed E-state index contributed by atoms with van der Waals surface area (Å²) >= 11 is 0. The molecule has 0 bridgehead atoms. The Hall–Kier alpha value is -2.19. The minimum Gasteiger partial charge on any atom is -0.480 e. The van der Waals surface area contributed by atoms with Crippen molar-refractivity contribution >= 4 is 12.0 Å². The molecule has 1 atom stereocenters. The van der Waals surface area contributed by atoms with Gasteiger partial charge < -0.3 is 20.7 Å². The maximum absolute atomic E-state index is 11.8. The Morgan fingerprint density at radius 1 is 1.50 bits per heavy atom. The second-order valence-electron chi connectivity index (χ2n) is 3.42. The molecule has 0 radical (unpaired) electrons. The molecule has 0 fully saturated rings. The first kappa shape index (κ1) is 13.9. The van der Waals surface area contributed by atoms with Crippen LogP contribution < -0.4 is 10.6 Å². The molecule has 0 aliphatic heterocycles. The van der Waals surface area contributed by atoms with Crippen LogP contribution in [0.5, 0.6) is 0 Å². The molecule has 0 aromatic carbocycles. The lowest BCUT2D eigenvalue weighted by molar-refractivity contribution is -0.139. The van der Waals surface area contributed by atoms with E-state index in [2.05, 4.69) is 15.3 Å². The number of carboxylic acids is 1. The van der Waals surface area contributed by atoms with Gasteiger partial charge in [-0.2, -0.15) is 0 Å². The van der Waals surface area contributed by atoms with Crippen LogP contribution in [0.2, 0.25) is 0 Å². The van der Waals surface area contributed by atoms with Crippen LogP contribution in [0.15, 0.2) is 12.5 Å². The number of hydrogen-bond acceptors (Lipinski definition) is 3. The van der Waals surface area contributed by atoms with Gasteiger partial charge in [-0.1, -0.05) is 0 Å². The van der Waals surface area contributed by atoms with Crippen LogP contribution in [0.25, 0.3) is 0 Å². The first-order valence-electron chi connectivity index (χ1n) is 5.01. The lowest BCUT2D eigenvalue weighted by atomic mass is 10.2. The second kappa shape index (κ2) is 6.52. The first-order valence-corrected chi connectivity index (χ1v) is 5.01. The number of aliphatic carboxylic acids is 1. The summed E-state index contributed by atoms with van der Waals surface area (Å²) in [4.78, 5) is 28.4. The number of rotatable bonds is 6. The van der Waals surface area contributed by atoms with Crippen molar-refractivity contribution in [3.8, 4) is 0 Å². The summed E-state index contributed by atoms with van der Waals surface area (Å²) in [5, 5.41) is 12.8. The minimum absolute atomic E-state index is 0.0164. The number of H-pyrrole nitrogens is 1. The minimum atomic E-state index is -2.69. The second-order valence-corrected chi connectivity index (χ2v) is 3.42. The molecule has 0 saturated carbocycles. The highest BCUT2D eigenvalue weighted by atomic mass is 19.3. The molecule has 1 heterocycles. The molecule has 0 aliphatic rings. The standard InChI is InChI=1S/C9H12F2N4O3/c10-7(11)3-13-9(18)15-6(8(16)17)1-5-2-12-4-14-5/h2,4,6-7H,1,3H2,(H,12,14)(H,16,17)(H2,13,15,18). The zero-order valence-corrected chi connectivity index (χ0v) is 9.19. The number of amides is 2. The highest BCUT2D eigenvalue weighted by molar-refractivity contribution is 5.82. The van der Waals surface area contributed by atoms with Gasteiger partial charge >= 0.3 is 12.0 Å². The lowest BCUT2D eigenvalue weighted by Crippen LogP contribution is -2.48. The van der Waals surface area contributed by atoms with E-state index in [9.17, 15) is 18.4 Å². The Bertz CT molecular complexity index is 397. The molecule has 1 rings (SSSR count).